The van der Waals surface area contributed by atoms with Crippen LogP contribution < -0.4 is 0 Å². The summed E-state index contributed by atoms with van der Waals surface area (Å²) in [6.45, 7) is 0. The van der Waals surface area contributed by atoms with E-state index in [0.29, 0.717) is 11.1 Å². The number of benzene rings is 8. The lowest BCUT2D eigenvalue weighted by Crippen LogP contribution is -2.01. The fourth-order valence-electron chi connectivity index (χ4n) is 8.84. The summed E-state index contributed by atoms with van der Waals surface area (Å²) in [5.41, 5.74) is 12.3. The fraction of sp³-hybridized carbons (Fsp3) is 0. The molecule has 0 aliphatic rings. The van der Waals surface area contributed by atoms with Crippen LogP contribution in [0.1, 0.15) is 11.1 Å². The normalized spacial score (nSPS) is 11.6. The number of hydrogen-bond donors (Lipinski definition) is 0. The van der Waals surface area contributed by atoms with E-state index in [1.54, 1.807) is 0 Å². The summed E-state index contributed by atoms with van der Waals surface area (Å²) in [4.78, 5) is 0. The predicted molar refractivity (Wildman–Crippen MR) is 224 cm³/mol. The molecule has 0 unspecified atom stereocenters. The lowest BCUT2D eigenvalue weighted by atomic mass is 9.97. The molecule has 0 fully saturated rings. The third-order valence-electron chi connectivity index (χ3n) is 11.1. The maximum Gasteiger partial charge on any atom is 0.101 e. The number of rotatable bonds is 4. The molecule has 8 aromatic carbocycles. The van der Waals surface area contributed by atoms with Crippen molar-refractivity contribution in [2.75, 3.05) is 0 Å². The van der Waals surface area contributed by atoms with E-state index >= 15 is 0 Å². The van der Waals surface area contributed by atoms with Crippen molar-refractivity contribution in [1.29, 1.82) is 10.5 Å². The summed E-state index contributed by atoms with van der Waals surface area (Å²) in [7, 11) is 0. The van der Waals surface area contributed by atoms with Crippen LogP contribution in [0.4, 0.5) is 0 Å². The number of hydrogen-bond acceptors (Lipinski definition) is 2. The molecule has 254 valence electrons. The van der Waals surface area contributed by atoms with Gasteiger partial charge in [0.25, 0.3) is 0 Å². The first-order valence-corrected chi connectivity index (χ1v) is 18.3. The molecule has 0 aliphatic heterocycles. The summed E-state index contributed by atoms with van der Waals surface area (Å²) >= 11 is 0. The summed E-state index contributed by atoms with van der Waals surface area (Å²) in [6.07, 6.45) is 0. The first kappa shape index (κ1) is 30.7. The van der Waals surface area contributed by atoms with Gasteiger partial charge in [0, 0.05) is 49.3 Å². The van der Waals surface area contributed by atoms with Crippen LogP contribution in [-0.4, -0.2) is 13.7 Å². The second-order valence-corrected chi connectivity index (χ2v) is 13.9. The van der Waals surface area contributed by atoms with Crippen molar-refractivity contribution >= 4 is 65.4 Å². The third-order valence-corrected chi connectivity index (χ3v) is 11.1. The zero-order chi connectivity index (χ0) is 36.6. The van der Waals surface area contributed by atoms with Crippen LogP contribution in [0.5, 0.6) is 0 Å². The molecule has 5 nitrogen and oxygen atoms in total. The van der Waals surface area contributed by atoms with E-state index in [1.807, 2.05) is 42.5 Å². The Balaban J connectivity index is 1.12. The molecule has 11 rings (SSSR count). The second kappa shape index (κ2) is 11.8. The zero-order valence-electron chi connectivity index (χ0n) is 29.5. The number of nitrogens with zero attached hydrogens (tertiary/aromatic N) is 5. The topological polar surface area (TPSA) is 62.4 Å². The van der Waals surface area contributed by atoms with Gasteiger partial charge in [0.15, 0.2) is 0 Å². The molecular weight excluding hydrogens is 671 g/mol. The highest BCUT2D eigenvalue weighted by atomic mass is 15.0. The highest BCUT2D eigenvalue weighted by Crippen LogP contribution is 2.40. The van der Waals surface area contributed by atoms with Crippen molar-refractivity contribution in [3.8, 4) is 40.3 Å². The number of para-hydroxylation sites is 5. The minimum atomic E-state index is 0.568. The van der Waals surface area contributed by atoms with Gasteiger partial charge >= 0.3 is 0 Å². The van der Waals surface area contributed by atoms with Crippen molar-refractivity contribution in [2.45, 2.75) is 0 Å². The van der Waals surface area contributed by atoms with E-state index in [-0.39, 0.29) is 0 Å². The summed E-state index contributed by atoms with van der Waals surface area (Å²) in [5, 5.41) is 27.6. The Hall–Kier alpha value is -7.86. The van der Waals surface area contributed by atoms with Gasteiger partial charge in [-0.1, -0.05) is 109 Å². The van der Waals surface area contributed by atoms with E-state index in [9.17, 15) is 10.5 Å². The molecule has 0 bridgehead atoms. The molecule has 55 heavy (non-hydrogen) atoms. The van der Waals surface area contributed by atoms with Gasteiger partial charge in [-0.2, -0.15) is 10.5 Å². The third kappa shape index (κ3) is 4.39. The van der Waals surface area contributed by atoms with Gasteiger partial charge < -0.3 is 13.7 Å². The number of fused-ring (bicyclic) bond motifs is 9. The monoisotopic (exact) mass is 699 g/mol. The Morgan fingerprint density at radius 1 is 0.345 bits per heavy atom. The fourth-order valence-corrected chi connectivity index (χ4v) is 8.84. The SMILES string of the molecule is N#Cc1cccc(-n2c3ccccc3c3cccc(C#N)c32)c1-c1ccc(-n2c3ccccc3c3ccc(-n4c5ccccc5c5ccccc54)cc32)cc1. The zero-order valence-corrected chi connectivity index (χ0v) is 29.5. The van der Waals surface area contributed by atoms with Gasteiger partial charge in [-0.15, -0.1) is 0 Å². The summed E-state index contributed by atoms with van der Waals surface area (Å²) in [5.74, 6) is 0. The van der Waals surface area contributed by atoms with E-state index in [0.717, 1.165) is 61.0 Å². The van der Waals surface area contributed by atoms with Gasteiger partial charge in [0.2, 0.25) is 0 Å². The molecule has 0 saturated heterocycles. The van der Waals surface area contributed by atoms with Crippen molar-refractivity contribution in [2.24, 2.45) is 0 Å². The summed E-state index contributed by atoms with van der Waals surface area (Å²) < 4.78 is 6.85. The molecule has 5 heteroatoms. The number of aromatic nitrogens is 3. The molecule has 0 aliphatic carbocycles. The van der Waals surface area contributed by atoms with E-state index in [2.05, 4.69) is 159 Å². The van der Waals surface area contributed by atoms with Crippen LogP contribution in [-0.2, 0) is 0 Å². The minimum Gasteiger partial charge on any atom is -0.309 e. The highest BCUT2D eigenvalue weighted by molar-refractivity contribution is 6.13. The smallest absolute Gasteiger partial charge is 0.101 e. The van der Waals surface area contributed by atoms with Gasteiger partial charge in [0.05, 0.1) is 56.0 Å². The van der Waals surface area contributed by atoms with E-state index in [4.69, 9.17) is 0 Å². The maximum absolute atomic E-state index is 10.5. The Labute approximate surface area is 316 Å². The van der Waals surface area contributed by atoms with E-state index in [1.165, 1.54) is 32.6 Å². The van der Waals surface area contributed by atoms with Crippen LogP contribution in [0.3, 0.4) is 0 Å². The molecule has 0 spiro atoms. The van der Waals surface area contributed by atoms with Crippen LogP contribution in [0.2, 0.25) is 0 Å². The summed E-state index contributed by atoms with van der Waals surface area (Å²) in [6, 6.07) is 65.9. The van der Waals surface area contributed by atoms with Gasteiger partial charge in [-0.3, -0.25) is 0 Å². The first-order valence-electron chi connectivity index (χ1n) is 18.3. The lowest BCUT2D eigenvalue weighted by Gasteiger charge is -2.17. The van der Waals surface area contributed by atoms with Gasteiger partial charge in [-0.25, -0.2) is 0 Å². The van der Waals surface area contributed by atoms with Crippen molar-refractivity contribution in [1.82, 2.24) is 13.7 Å². The average molecular weight is 700 g/mol. The maximum atomic E-state index is 10.5. The molecular formula is C50H29N5. The standard InChI is InChI=1S/C50H29N5/c51-30-33-11-10-22-47(55-46-21-8-4-16-40(46)42-17-9-12-34(31-52)50(42)55)49(33)32-23-25-35(26-24-32)53-43-18-5-3-15-39(43)41-28-27-36(29-48(41)53)54-44-19-6-1-13-37(44)38-14-2-7-20-45(38)54/h1-29H. The Morgan fingerprint density at radius 2 is 0.800 bits per heavy atom. The largest absolute Gasteiger partial charge is 0.309 e. The van der Waals surface area contributed by atoms with Crippen molar-refractivity contribution < 1.29 is 0 Å². The minimum absolute atomic E-state index is 0.568. The van der Waals surface area contributed by atoms with Crippen molar-refractivity contribution in [3.63, 3.8) is 0 Å². The second-order valence-electron chi connectivity index (χ2n) is 13.9. The molecule has 0 radical (unpaired) electrons. The predicted octanol–water partition coefficient (Wildman–Crippen LogP) is 12.4. The average Bonchev–Trinajstić information content (AvgIpc) is 3.89. The van der Waals surface area contributed by atoms with E-state index < -0.39 is 0 Å². The molecule has 0 N–H and O–H groups in total. The molecule has 11 aromatic rings. The van der Waals surface area contributed by atoms with Crippen LogP contribution in [0.25, 0.3) is 93.6 Å². The van der Waals surface area contributed by atoms with Crippen LogP contribution >= 0.6 is 0 Å². The van der Waals surface area contributed by atoms with Crippen LogP contribution in [0.15, 0.2) is 176 Å². The molecule has 0 atom stereocenters. The number of nitriles is 2. The first-order chi connectivity index (χ1) is 27.2. The molecule has 3 aromatic heterocycles. The van der Waals surface area contributed by atoms with Crippen molar-refractivity contribution in [3.05, 3.63) is 187 Å². The van der Waals surface area contributed by atoms with Gasteiger partial charge in [-0.05, 0) is 72.3 Å². The Bertz CT molecular complexity index is 3400. The molecule has 0 amide bonds. The molecule has 3 heterocycles. The van der Waals surface area contributed by atoms with Crippen LogP contribution in [0, 0.1) is 22.7 Å². The Kier molecular flexibility index (Phi) is 6.61. The Morgan fingerprint density at radius 3 is 1.40 bits per heavy atom. The van der Waals surface area contributed by atoms with Gasteiger partial charge in [0.1, 0.15) is 6.07 Å². The lowest BCUT2D eigenvalue weighted by molar-refractivity contribution is 1.15. The molecule has 0 saturated carbocycles. The quantitative estimate of drug-likeness (QED) is 0.184. The highest BCUT2D eigenvalue weighted by Gasteiger charge is 2.21.